The van der Waals surface area contributed by atoms with Crippen molar-refractivity contribution >= 4 is 17.8 Å². The second-order valence-electron chi connectivity index (χ2n) is 6.00. The summed E-state index contributed by atoms with van der Waals surface area (Å²) in [6.45, 7) is 0.526. The number of aliphatic carboxylic acids is 1. The van der Waals surface area contributed by atoms with Crippen molar-refractivity contribution in [3.63, 3.8) is 0 Å². The molecule has 1 aliphatic rings. The van der Waals surface area contributed by atoms with Gasteiger partial charge in [0.25, 0.3) is 5.91 Å². The van der Waals surface area contributed by atoms with Crippen LogP contribution in [0.3, 0.4) is 0 Å². The van der Waals surface area contributed by atoms with Crippen LogP contribution in [0.1, 0.15) is 23.2 Å². The second kappa shape index (κ2) is 7.96. The Hall–Kier alpha value is -2.64. The summed E-state index contributed by atoms with van der Waals surface area (Å²) < 4.78 is 18.5. The number of likely N-dealkylation sites (N-methyl/N-ethyl adjacent to an activating group) is 1. The molecule has 0 aromatic heterocycles. The van der Waals surface area contributed by atoms with Crippen LogP contribution in [0, 0.1) is 11.7 Å². The first-order valence-electron chi connectivity index (χ1n) is 7.93. The summed E-state index contributed by atoms with van der Waals surface area (Å²) in [5, 5.41) is 8.98. The van der Waals surface area contributed by atoms with Gasteiger partial charge in [0, 0.05) is 20.1 Å². The molecule has 1 aromatic rings. The molecule has 1 aliphatic heterocycles. The summed E-state index contributed by atoms with van der Waals surface area (Å²) in [5.41, 5.74) is 0.0439. The fourth-order valence-electron chi connectivity index (χ4n) is 2.80. The van der Waals surface area contributed by atoms with Crippen molar-refractivity contribution in [1.82, 2.24) is 9.80 Å². The number of benzene rings is 1. The molecule has 136 valence electrons. The summed E-state index contributed by atoms with van der Waals surface area (Å²) in [4.78, 5) is 38.5. The monoisotopic (exact) mass is 352 g/mol. The summed E-state index contributed by atoms with van der Waals surface area (Å²) in [6.07, 6.45) is 0.799. The van der Waals surface area contributed by atoms with Crippen LogP contribution in [0.5, 0.6) is 5.75 Å². The highest BCUT2D eigenvalue weighted by atomic mass is 19.1. The number of nitrogens with zero attached hydrogens (tertiary/aromatic N) is 2. The van der Waals surface area contributed by atoms with Gasteiger partial charge in [0.15, 0.2) is 0 Å². The van der Waals surface area contributed by atoms with E-state index in [1.807, 2.05) is 0 Å². The molecule has 8 heteroatoms. The van der Waals surface area contributed by atoms with Crippen LogP contribution < -0.4 is 4.74 Å². The largest absolute Gasteiger partial charge is 0.496 e. The fraction of sp³-hybridized carbons (Fsp3) is 0.471. The van der Waals surface area contributed by atoms with Crippen molar-refractivity contribution in [3.05, 3.63) is 29.6 Å². The molecule has 0 bridgehead atoms. The zero-order valence-corrected chi connectivity index (χ0v) is 14.2. The SMILES string of the molecule is COc1ccc(F)cc1C(=O)N(C)CC(=O)N1CCC(C(=O)O)CC1. The lowest BCUT2D eigenvalue weighted by atomic mass is 9.97. The Bertz CT molecular complexity index is 671. The maximum atomic E-state index is 13.4. The van der Waals surface area contributed by atoms with E-state index in [0.717, 1.165) is 6.07 Å². The Morgan fingerprint density at radius 2 is 1.96 bits per heavy atom. The molecule has 1 saturated heterocycles. The number of methoxy groups -OCH3 is 1. The molecule has 0 atom stereocenters. The van der Waals surface area contributed by atoms with Crippen molar-refractivity contribution < 1.29 is 28.6 Å². The minimum atomic E-state index is -0.849. The third kappa shape index (κ3) is 4.46. The maximum absolute atomic E-state index is 13.4. The average molecular weight is 352 g/mol. The van der Waals surface area contributed by atoms with E-state index < -0.39 is 23.6 Å². The van der Waals surface area contributed by atoms with E-state index in [2.05, 4.69) is 0 Å². The van der Waals surface area contributed by atoms with E-state index in [0.29, 0.717) is 25.9 Å². The number of carboxylic acids is 1. The Morgan fingerprint density at radius 1 is 1.32 bits per heavy atom. The number of carbonyl (C=O) groups is 3. The van der Waals surface area contributed by atoms with Gasteiger partial charge in [0.1, 0.15) is 11.6 Å². The van der Waals surface area contributed by atoms with Crippen molar-refractivity contribution in [3.8, 4) is 5.75 Å². The van der Waals surface area contributed by atoms with Crippen molar-refractivity contribution in [2.24, 2.45) is 5.92 Å². The molecule has 0 saturated carbocycles. The molecule has 1 aromatic carbocycles. The molecule has 0 unspecified atom stereocenters. The maximum Gasteiger partial charge on any atom is 0.306 e. The molecule has 1 fully saturated rings. The van der Waals surface area contributed by atoms with Crippen molar-refractivity contribution in [1.29, 1.82) is 0 Å². The van der Waals surface area contributed by atoms with Crippen molar-refractivity contribution in [2.75, 3.05) is 33.8 Å². The quantitative estimate of drug-likeness (QED) is 0.861. The number of hydrogen-bond donors (Lipinski definition) is 1. The van der Waals surface area contributed by atoms with Crippen LogP contribution in [0.2, 0.25) is 0 Å². The molecule has 1 N–H and O–H groups in total. The number of carboxylic acid groups (broad SMARTS) is 1. The van der Waals surface area contributed by atoms with Crippen LogP contribution in [0.15, 0.2) is 18.2 Å². The third-order valence-electron chi connectivity index (χ3n) is 4.31. The lowest BCUT2D eigenvalue weighted by molar-refractivity contribution is -0.145. The van der Waals surface area contributed by atoms with Crippen LogP contribution in [-0.2, 0) is 9.59 Å². The Labute approximate surface area is 145 Å². The molecular formula is C17H21FN2O5. The van der Waals surface area contributed by atoms with E-state index in [4.69, 9.17) is 9.84 Å². The van der Waals surface area contributed by atoms with Gasteiger partial charge in [-0.15, -0.1) is 0 Å². The molecule has 0 spiro atoms. The normalized spacial score (nSPS) is 14.9. The highest BCUT2D eigenvalue weighted by molar-refractivity contribution is 5.98. The van der Waals surface area contributed by atoms with E-state index in [1.54, 1.807) is 4.90 Å². The summed E-state index contributed by atoms with van der Waals surface area (Å²) in [7, 11) is 2.83. The molecule has 0 radical (unpaired) electrons. The number of carbonyl (C=O) groups excluding carboxylic acids is 2. The topological polar surface area (TPSA) is 87.2 Å². The minimum absolute atomic E-state index is 0.0439. The van der Waals surface area contributed by atoms with Gasteiger partial charge in [0.2, 0.25) is 5.91 Å². The average Bonchev–Trinajstić information content (AvgIpc) is 2.60. The smallest absolute Gasteiger partial charge is 0.306 e. The highest BCUT2D eigenvalue weighted by Gasteiger charge is 2.28. The minimum Gasteiger partial charge on any atom is -0.496 e. The van der Waals surface area contributed by atoms with E-state index in [-0.39, 0.29) is 23.8 Å². The van der Waals surface area contributed by atoms with Gasteiger partial charge in [0.05, 0.1) is 25.1 Å². The van der Waals surface area contributed by atoms with E-state index >= 15 is 0 Å². The second-order valence-corrected chi connectivity index (χ2v) is 6.00. The summed E-state index contributed by atoms with van der Waals surface area (Å²) >= 11 is 0. The number of amides is 2. The number of rotatable bonds is 5. The van der Waals surface area contributed by atoms with Gasteiger partial charge < -0.3 is 19.6 Å². The zero-order valence-electron chi connectivity index (χ0n) is 14.2. The third-order valence-corrected chi connectivity index (χ3v) is 4.31. The zero-order chi connectivity index (χ0) is 18.6. The number of ether oxygens (including phenoxy) is 1. The van der Waals surface area contributed by atoms with Gasteiger partial charge in [-0.25, -0.2) is 4.39 Å². The highest BCUT2D eigenvalue weighted by Crippen LogP contribution is 2.21. The summed E-state index contributed by atoms with van der Waals surface area (Å²) in [5.74, 6) is -2.41. The predicted molar refractivity (Wildman–Crippen MR) is 86.9 cm³/mol. The lowest BCUT2D eigenvalue weighted by Crippen LogP contribution is -2.45. The lowest BCUT2D eigenvalue weighted by Gasteiger charge is -2.31. The molecule has 0 aliphatic carbocycles. The van der Waals surface area contributed by atoms with Crippen LogP contribution >= 0.6 is 0 Å². The summed E-state index contributed by atoms with van der Waals surface area (Å²) in [6, 6.07) is 3.61. The molecule has 7 nitrogen and oxygen atoms in total. The number of halogens is 1. The van der Waals surface area contributed by atoms with Crippen LogP contribution in [0.4, 0.5) is 4.39 Å². The van der Waals surface area contributed by atoms with Gasteiger partial charge in [-0.2, -0.15) is 0 Å². The molecule has 2 rings (SSSR count). The van der Waals surface area contributed by atoms with E-state index in [1.165, 1.54) is 31.2 Å². The molecule has 2 amide bonds. The van der Waals surface area contributed by atoms with E-state index in [9.17, 15) is 18.8 Å². The first-order chi connectivity index (χ1) is 11.8. The number of piperidine rings is 1. The predicted octanol–water partition coefficient (Wildman–Crippen LogP) is 1.23. The fourth-order valence-corrected chi connectivity index (χ4v) is 2.80. The van der Waals surface area contributed by atoms with Crippen molar-refractivity contribution in [2.45, 2.75) is 12.8 Å². The molecule has 25 heavy (non-hydrogen) atoms. The molecule has 1 heterocycles. The Kier molecular flexibility index (Phi) is 5.95. The van der Waals surface area contributed by atoms with Crippen LogP contribution in [0.25, 0.3) is 0 Å². The van der Waals surface area contributed by atoms with Crippen LogP contribution in [-0.4, -0.2) is 66.5 Å². The number of hydrogen-bond acceptors (Lipinski definition) is 4. The van der Waals surface area contributed by atoms with Gasteiger partial charge in [-0.05, 0) is 31.0 Å². The van der Waals surface area contributed by atoms with Gasteiger partial charge >= 0.3 is 5.97 Å². The van der Waals surface area contributed by atoms with Gasteiger partial charge in [-0.3, -0.25) is 14.4 Å². The van der Waals surface area contributed by atoms with Gasteiger partial charge in [-0.1, -0.05) is 0 Å². The molecular weight excluding hydrogens is 331 g/mol. The standard InChI is InChI=1S/C17H21FN2O5/c1-19(16(22)13-9-12(18)3-4-14(13)25-2)10-15(21)20-7-5-11(6-8-20)17(23)24/h3-4,9,11H,5-8,10H2,1-2H3,(H,23,24). The Morgan fingerprint density at radius 3 is 2.52 bits per heavy atom. The first kappa shape index (κ1) is 18.7. The Balaban J connectivity index is 1.98. The number of likely N-dealkylation sites (tertiary alicyclic amines) is 1. The first-order valence-corrected chi connectivity index (χ1v) is 7.93.